The number of aliphatic hydroxyl groups is 1. The zero-order chi connectivity index (χ0) is 13.3. The third-order valence-electron chi connectivity index (χ3n) is 4.77. The third-order valence-corrected chi connectivity index (χ3v) is 4.77. The van der Waals surface area contributed by atoms with E-state index in [0.717, 1.165) is 24.8 Å². The molecule has 0 amide bonds. The quantitative estimate of drug-likeness (QED) is 0.757. The summed E-state index contributed by atoms with van der Waals surface area (Å²) in [6.45, 7) is 6.23. The number of carboxylic acid groups (broad SMARTS) is 1. The van der Waals surface area contributed by atoms with Crippen molar-refractivity contribution in [3.05, 3.63) is 23.8 Å². The number of fused-ring (bicyclic) bond motifs is 1. The first-order valence-corrected chi connectivity index (χ1v) is 6.77. The van der Waals surface area contributed by atoms with E-state index in [9.17, 15) is 9.90 Å². The van der Waals surface area contributed by atoms with Crippen LogP contribution >= 0.6 is 0 Å². The van der Waals surface area contributed by atoms with Crippen LogP contribution in [0.15, 0.2) is 23.8 Å². The lowest BCUT2D eigenvalue weighted by molar-refractivity contribution is -0.133. The summed E-state index contributed by atoms with van der Waals surface area (Å²) in [6.07, 6.45) is 5.75. The zero-order valence-electron chi connectivity index (χ0n) is 10.9. The van der Waals surface area contributed by atoms with Crippen LogP contribution in [0, 0.1) is 23.7 Å². The summed E-state index contributed by atoms with van der Waals surface area (Å²) in [5.74, 6) is 0.915. The summed E-state index contributed by atoms with van der Waals surface area (Å²) in [5, 5.41) is 18.4. The molecule has 2 aliphatic carbocycles. The van der Waals surface area contributed by atoms with Gasteiger partial charge in [0, 0.05) is 5.57 Å². The molecule has 1 saturated carbocycles. The van der Waals surface area contributed by atoms with Gasteiger partial charge in [-0.15, -0.1) is 0 Å². The molecule has 0 unspecified atom stereocenters. The largest absolute Gasteiger partial charge is 0.478 e. The van der Waals surface area contributed by atoms with Crippen molar-refractivity contribution in [2.75, 3.05) is 6.61 Å². The van der Waals surface area contributed by atoms with Crippen LogP contribution in [0.4, 0.5) is 0 Å². The molecule has 2 aliphatic rings. The number of rotatable bonds is 3. The van der Waals surface area contributed by atoms with Crippen LogP contribution in [0.2, 0.25) is 0 Å². The lowest BCUT2D eigenvalue weighted by Crippen LogP contribution is -2.36. The summed E-state index contributed by atoms with van der Waals surface area (Å²) in [4.78, 5) is 11.1. The smallest absolute Gasteiger partial charge is 0.331 e. The topological polar surface area (TPSA) is 57.5 Å². The Balaban J connectivity index is 2.27. The fourth-order valence-electron chi connectivity index (χ4n) is 3.65. The van der Waals surface area contributed by atoms with Crippen molar-refractivity contribution >= 4 is 5.97 Å². The highest BCUT2D eigenvalue weighted by atomic mass is 16.4. The Morgan fingerprint density at radius 3 is 2.78 bits per heavy atom. The molecule has 0 saturated heterocycles. The third kappa shape index (κ3) is 2.37. The van der Waals surface area contributed by atoms with E-state index in [1.54, 1.807) is 0 Å². The predicted octanol–water partition coefficient (Wildman–Crippen LogP) is 2.62. The van der Waals surface area contributed by atoms with Gasteiger partial charge in [0.05, 0.1) is 6.61 Å². The number of hydrogen-bond acceptors (Lipinski definition) is 2. The van der Waals surface area contributed by atoms with Crippen molar-refractivity contribution in [3.8, 4) is 0 Å². The van der Waals surface area contributed by atoms with Crippen molar-refractivity contribution in [3.63, 3.8) is 0 Å². The van der Waals surface area contributed by atoms with Gasteiger partial charge in [-0.05, 0) is 54.9 Å². The molecule has 18 heavy (non-hydrogen) atoms. The molecule has 2 N–H and O–H groups in total. The van der Waals surface area contributed by atoms with Gasteiger partial charge in [0.1, 0.15) is 0 Å². The maximum atomic E-state index is 11.1. The second-order valence-corrected chi connectivity index (χ2v) is 5.75. The van der Waals surface area contributed by atoms with E-state index in [0.29, 0.717) is 23.8 Å². The molecule has 0 aromatic rings. The van der Waals surface area contributed by atoms with Crippen LogP contribution in [-0.4, -0.2) is 22.8 Å². The molecule has 0 aromatic heterocycles. The van der Waals surface area contributed by atoms with Gasteiger partial charge < -0.3 is 10.2 Å². The average Bonchev–Trinajstić information content (AvgIpc) is 2.38. The molecular formula is C15H22O3. The van der Waals surface area contributed by atoms with Gasteiger partial charge in [-0.3, -0.25) is 0 Å². The molecular weight excluding hydrogens is 228 g/mol. The van der Waals surface area contributed by atoms with Crippen molar-refractivity contribution < 1.29 is 15.0 Å². The molecule has 0 spiro atoms. The van der Waals surface area contributed by atoms with Crippen molar-refractivity contribution in [2.24, 2.45) is 23.7 Å². The summed E-state index contributed by atoms with van der Waals surface area (Å²) >= 11 is 0. The monoisotopic (exact) mass is 250 g/mol. The number of carboxylic acids is 1. The Morgan fingerprint density at radius 1 is 1.44 bits per heavy atom. The summed E-state index contributed by atoms with van der Waals surface area (Å²) in [5.41, 5.74) is 1.40. The maximum Gasteiger partial charge on any atom is 0.331 e. The first-order valence-electron chi connectivity index (χ1n) is 6.77. The second-order valence-electron chi connectivity index (χ2n) is 5.75. The normalized spacial score (nSPS) is 35.6. The summed E-state index contributed by atoms with van der Waals surface area (Å²) in [6, 6.07) is 0. The number of aliphatic carboxylic acids is 1. The van der Waals surface area contributed by atoms with Crippen molar-refractivity contribution in [2.45, 2.75) is 32.6 Å². The van der Waals surface area contributed by atoms with Gasteiger partial charge in [0.2, 0.25) is 0 Å². The molecule has 2 rings (SSSR count). The molecule has 0 aliphatic heterocycles. The van der Waals surface area contributed by atoms with Gasteiger partial charge in [0.15, 0.2) is 0 Å². The van der Waals surface area contributed by atoms with Gasteiger partial charge in [-0.25, -0.2) is 4.79 Å². The minimum atomic E-state index is -0.792. The molecule has 4 atom stereocenters. The van der Waals surface area contributed by atoms with Gasteiger partial charge in [-0.1, -0.05) is 19.6 Å². The highest BCUT2D eigenvalue weighted by molar-refractivity contribution is 5.86. The van der Waals surface area contributed by atoms with E-state index in [1.807, 2.05) is 6.08 Å². The SMILES string of the molecule is C=C(CO)[C@H]1CC[C@H](C)[C@H]2CCC(C(=O)O)=C[C@@H]21. The van der Waals surface area contributed by atoms with E-state index in [-0.39, 0.29) is 18.4 Å². The average molecular weight is 250 g/mol. The number of carbonyl (C=O) groups is 1. The minimum absolute atomic E-state index is 0.0124. The predicted molar refractivity (Wildman–Crippen MR) is 70.0 cm³/mol. The van der Waals surface area contributed by atoms with Crippen LogP contribution in [0.5, 0.6) is 0 Å². The Morgan fingerprint density at radius 2 is 2.17 bits per heavy atom. The van der Waals surface area contributed by atoms with E-state index >= 15 is 0 Å². The number of aliphatic hydroxyl groups excluding tert-OH is 1. The molecule has 3 nitrogen and oxygen atoms in total. The molecule has 0 aromatic carbocycles. The van der Waals surface area contributed by atoms with Crippen LogP contribution in [0.3, 0.4) is 0 Å². The van der Waals surface area contributed by atoms with Crippen molar-refractivity contribution in [1.29, 1.82) is 0 Å². The molecule has 0 bridgehead atoms. The lowest BCUT2D eigenvalue weighted by atomic mass is 9.61. The van der Waals surface area contributed by atoms with Gasteiger partial charge >= 0.3 is 5.97 Å². The fourth-order valence-corrected chi connectivity index (χ4v) is 3.65. The standard InChI is InChI=1S/C15H22O3/c1-9-3-5-13(10(2)8-16)14-7-11(15(17)18)4-6-12(9)14/h7,9,12-14,16H,2-6,8H2,1H3,(H,17,18)/t9-,12+,13+,14-/m0/s1. The molecule has 0 heterocycles. The molecule has 0 radical (unpaired) electrons. The van der Waals surface area contributed by atoms with Gasteiger partial charge in [0.25, 0.3) is 0 Å². The van der Waals surface area contributed by atoms with Crippen LogP contribution in [0.1, 0.15) is 32.6 Å². The number of hydrogen-bond donors (Lipinski definition) is 2. The Kier molecular flexibility index (Phi) is 3.91. The maximum absolute atomic E-state index is 11.1. The molecule has 3 heteroatoms. The highest BCUT2D eigenvalue weighted by Crippen LogP contribution is 2.47. The minimum Gasteiger partial charge on any atom is -0.478 e. The van der Waals surface area contributed by atoms with E-state index in [2.05, 4.69) is 13.5 Å². The number of allylic oxidation sites excluding steroid dienone is 1. The Labute approximate surface area is 108 Å². The van der Waals surface area contributed by atoms with E-state index in [4.69, 9.17) is 5.11 Å². The zero-order valence-corrected chi connectivity index (χ0v) is 10.9. The summed E-state index contributed by atoms with van der Waals surface area (Å²) in [7, 11) is 0. The van der Waals surface area contributed by atoms with Crippen molar-refractivity contribution in [1.82, 2.24) is 0 Å². The molecule has 100 valence electrons. The van der Waals surface area contributed by atoms with Crippen LogP contribution < -0.4 is 0 Å². The van der Waals surface area contributed by atoms with E-state index < -0.39 is 5.97 Å². The lowest BCUT2D eigenvalue weighted by Gasteiger charge is -2.44. The first kappa shape index (κ1) is 13.3. The van der Waals surface area contributed by atoms with E-state index in [1.165, 1.54) is 0 Å². The second kappa shape index (κ2) is 5.27. The van der Waals surface area contributed by atoms with Crippen LogP contribution in [0.25, 0.3) is 0 Å². The Bertz CT molecular complexity index is 383. The Hall–Kier alpha value is -1.09. The first-order chi connectivity index (χ1) is 8.54. The highest BCUT2D eigenvalue weighted by Gasteiger charge is 2.39. The van der Waals surface area contributed by atoms with Gasteiger partial charge in [-0.2, -0.15) is 0 Å². The van der Waals surface area contributed by atoms with Crippen LogP contribution in [-0.2, 0) is 4.79 Å². The molecule has 1 fully saturated rings. The fraction of sp³-hybridized carbons (Fsp3) is 0.667. The summed E-state index contributed by atoms with van der Waals surface area (Å²) < 4.78 is 0.